The van der Waals surface area contributed by atoms with Crippen LogP contribution >= 0.6 is 0 Å². The number of hydrogen-bond donors (Lipinski definition) is 1. The summed E-state index contributed by atoms with van der Waals surface area (Å²) in [5.74, 6) is -0.755. The fourth-order valence-electron chi connectivity index (χ4n) is 1.52. The van der Waals surface area contributed by atoms with E-state index in [2.05, 4.69) is 0 Å². The van der Waals surface area contributed by atoms with Crippen molar-refractivity contribution >= 4 is 5.91 Å². The molecule has 1 aromatic carbocycles. The molecule has 76 valence electrons. The molecular weight excluding hydrogens is 181 g/mol. The van der Waals surface area contributed by atoms with Crippen LogP contribution in [0.5, 0.6) is 0 Å². The minimum atomic E-state index is -0.389. The van der Waals surface area contributed by atoms with Crippen LogP contribution < -0.4 is 5.73 Å². The van der Waals surface area contributed by atoms with E-state index in [4.69, 9.17) is 5.73 Å². The Morgan fingerprint density at radius 3 is 2.64 bits per heavy atom. The van der Waals surface area contributed by atoms with Gasteiger partial charge in [0.05, 0.1) is 0 Å². The molecule has 0 spiro atoms. The van der Waals surface area contributed by atoms with Gasteiger partial charge in [-0.25, -0.2) is 4.39 Å². The van der Waals surface area contributed by atoms with Crippen LogP contribution in [0.2, 0.25) is 0 Å². The summed E-state index contributed by atoms with van der Waals surface area (Å²) in [4.78, 5) is 10.8. The molecule has 0 radical (unpaired) electrons. The van der Waals surface area contributed by atoms with Crippen molar-refractivity contribution in [3.63, 3.8) is 0 Å². The van der Waals surface area contributed by atoms with Crippen LogP contribution in [0.1, 0.15) is 31.2 Å². The van der Waals surface area contributed by atoms with Crippen LogP contribution in [0, 0.1) is 5.82 Å². The number of carbonyl (C=O) groups excluding carboxylic acids is 1. The van der Waals surface area contributed by atoms with E-state index in [-0.39, 0.29) is 24.1 Å². The highest BCUT2D eigenvalue weighted by atomic mass is 19.1. The predicted molar refractivity (Wildman–Crippen MR) is 53.2 cm³/mol. The zero-order valence-electron chi connectivity index (χ0n) is 8.16. The van der Waals surface area contributed by atoms with Crippen LogP contribution in [0.4, 0.5) is 4.39 Å². The van der Waals surface area contributed by atoms with E-state index in [1.54, 1.807) is 18.2 Å². The van der Waals surface area contributed by atoms with Crippen molar-refractivity contribution in [2.45, 2.75) is 25.7 Å². The Morgan fingerprint density at radius 2 is 2.14 bits per heavy atom. The molecule has 2 N–H and O–H groups in total. The standard InChI is InChI=1S/C11H14FNO/c1-2-8(7-11(13)14)9-5-3-4-6-10(9)12/h3-6,8H,2,7H2,1H3,(H2,13,14). The minimum absolute atomic E-state index is 0.103. The molecule has 0 bridgehead atoms. The van der Waals surface area contributed by atoms with E-state index in [0.29, 0.717) is 12.0 Å². The molecule has 0 saturated carbocycles. The van der Waals surface area contributed by atoms with Crippen molar-refractivity contribution in [1.82, 2.24) is 0 Å². The van der Waals surface area contributed by atoms with Crippen molar-refractivity contribution in [1.29, 1.82) is 0 Å². The van der Waals surface area contributed by atoms with Crippen LogP contribution in [-0.2, 0) is 4.79 Å². The van der Waals surface area contributed by atoms with Crippen LogP contribution in [0.25, 0.3) is 0 Å². The number of nitrogens with two attached hydrogens (primary N) is 1. The molecule has 2 nitrogen and oxygen atoms in total. The summed E-state index contributed by atoms with van der Waals surface area (Å²) in [7, 11) is 0. The normalized spacial score (nSPS) is 12.4. The Morgan fingerprint density at radius 1 is 1.50 bits per heavy atom. The molecule has 1 amide bonds. The minimum Gasteiger partial charge on any atom is -0.370 e. The third-order valence-corrected chi connectivity index (χ3v) is 2.29. The molecule has 1 aromatic rings. The van der Waals surface area contributed by atoms with Gasteiger partial charge in [0.1, 0.15) is 5.82 Å². The van der Waals surface area contributed by atoms with Gasteiger partial charge in [0.15, 0.2) is 0 Å². The Balaban J connectivity index is 2.89. The summed E-state index contributed by atoms with van der Waals surface area (Å²) in [5, 5.41) is 0. The molecule has 0 aliphatic rings. The van der Waals surface area contributed by atoms with Gasteiger partial charge in [-0.15, -0.1) is 0 Å². The van der Waals surface area contributed by atoms with Gasteiger partial charge in [0.25, 0.3) is 0 Å². The second-order valence-corrected chi connectivity index (χ2v) is 3.30. The highest BCUT2D eigenvalue weighted by molar-refractivity contribution is 5.74. The third-order valence-electron chi connectivity index (χ3n) is 2.29. The summed E-state index contributed by atoms with van der Waals surface area (Å²) < 4.78 is 13.3. The molecule has 0 saturated heterocycles. The molecule has 0 aliphatic heterocycles. The first-order chi connectivity index (χ1) is 6.65. The Hall–Kier alpha value is -1.38. The number of primary amides is 1. The summed E-state index contributed by atoms with van der Waals surface area (Å²) >= 11 is 0. The van der Waals surface area contributed by atoms with Crippen LogP contribution in [0.15, 0.2) is 24.3 Å². The number of rotatable bonds is 4. The van der Waals surface area contributed by atoms with Gasteiger partial charge >= 0.3 is 0 Å². The summed E-state index contributed by atoms with van der Waals surface area (Å²) in [6.45, 7) is 1.92. The largest absolute Gasteiger partial charge is 0.370 e. The maximum Gasteiger partial charge on any atom is 0.218 e. The zero-order chi connectivity index (χ0) is 10.6. The topological polar surface area (TPSA) is 43.1 Å². The molecule has 1 unspecified atom stereocenters. The second-order valence-electron chi connectivity index (χ2n) is 3.30. The number of hydrogen-bond acceptors (Lipinski definition) is 1. The number of amides is 1. The van der Waals surface area contributed by atoms with Crippen molar-refractivity contribution in [3.8, 4) is 0 Å². The molecule has 1 rings (SSSR count). The van der Waals surface area contributed by atoms with E-state index < -0.39 is 0 Å². The van der Waals surface area contributed by atoms with Crippen molar-refractivity contribution in [2.75, 3.05) is 0 Å². The lowest BCUT2D eigenvalue weighted by molar-refractivity contribution is -0.118. The lowest BCUT2D eigenvalue weighted by Crippen LogP contribution is -2.15. The van der Waals surface area contributed by atoms with Gasteiger partial charge in [-0.3, -0.25) is 4.79 Å². The van der Waals surface area contributed by atoms with Gasteiger partial charge in [-0.1, -0.05) is 25.1 Å². The van der Waals surface area contributed by atoms with Gasteiger partial charge < -0.3 is 5.73 Å². The molecule has 0 fully saturated rings. The average Bonchev–Trinajstić information content (AvgIpc) is 2.15. The summed E-state index contributed by atoms with van der Waals surface area (Å²) in [6.07, 6.45) is 0.918. The summed E-state index contributed by atoms with van der Waals surface area (Å²) in [6, 6.07) is 6.50. The Labute approximate surface area is 82.9 Å². The van der Waals surface area contributed by atoms with Gasteiger partial charge in [0.2, 0.25) is 5.91 Å². The second kappa shape index (κ2) is 4.74. The van der Waals surface area contributed by atoms with E-state index in [0.717, 1.165) is 0 Å². The smallest absolute Gasteiger partial charge is 0.218 e. The predicted octanol–water partition coefficient (Wildman–Crippen LogP) is 2.19. The SMILES string of the molecule is CCC(CC(N)=O)c1ccccc1F. The first kappa shape index (κ1) is 10.7. The van der Waals surface area contributed by atoms with E-state index in [9.17, 15) is 9.18 Å². The average molecular weight is 195 g/mol. The molecule has 3 heteroatoms. The van der Waals surface area contributed by atoms with Crippen LogP contribution in [0.3, 0.4) is 0 Å². The number of benzene rings is 1. The molecule has 0 aliphatic carbocycles. The monoisotopic (exact) mass is 195 g/mol. The Kier molecular flexibility index (Phi) is 3.63. The molecule has 0 aromatic heterocycles. The van der Waals surface area contributed by atoms with Crippen molar-refractivity contribution in [3.05, 3.63) is 35.6 Å². The molecule has 0 heterocycles. The summed E-state index contributed by atoms with van der Waals surface area (Å²) in [5.41, 5.74) is 5.67. The van der Waals surface area contributed by atoms with Gasteiger partial charge in [-0.2, -0.15) is 0 Å². The fraction of sp³-hybridized carbons (Fsp3) is 0.364. The fourth-order valence-corrected chi connectivity index (χ4v) is 1.52. The van der Waals surface area contributed by atoms with E-state index in [1.165, 1.54) is 6.07 Å². The van der Waals surface area contributed by atoms with Gasteiger partial charge in [-0.05, 0) is 24.0 Å². The van der Waals surface area contributed by atoms with E-state index in [1.807, 2.05) is 6.92 Å². The lowest BCUT2D eigenvalue weighted by Gasteiger charge is -2.13. The maximum absolute atomic E-state index is 13.3. The maximum atomic E-state index is 13.3. The highest BCUT2D eigenvalue weighted by Gasteiger charge is 2.15. The number of halogens is 1. The third kappa shape index (κ3) is 2.55. The van der Waals surface area contributed by atoms with Crippen molar-refractivity contribution in [2.24, 2.45) is 5.73 Å². The molecule has 14 heavy (non-hydrogen) atoms. The van der Waals surface area contributed by atoms with Crippen molar-refractivity contribution < 1.29 is 9.18 Å². The molecule has 1 atom stereocenters. The van der Waals surface area contributed by atoms with Gasteiger partial charge in [0, 0.05) is 6.42 Å². The first-order valence-electron chi connectivity index (χ1n) is 4.67. The number of carbonyl (C=O) groups is 1. The lowest BCUT2D eigenvalue weighted by atomic mass is 9.92. The van der Waals surface area contributed by atoms with Crippen LogP contribution in [-0.4, -0.2) is 5.91 Å². The zero-order valence-corrected chi connectivity index (χ0v) is 8.16. The van der Waals surface area contributed by atoms with E-state index >= 15 is 0 Å². The Bertz CT molecular complexity index is 325. The highest BCUT2D eigenvalue weighted by Crippen LogP contribution is 2.24. The quantitative estimate of drug-likeness (QED) is 0.786. The first-order valence-corrected chi connectivity index (χ1v) is 4.67. The molecular formula is C11H14FNO.